The summed E-state index contributed by atoms with van der Waals surface area (Å²) < 4.78 is 12.0. The third-order valence-corrected chi connectivity index (χ3v) is 7.08. The third-order valence-electron chi connectivity index (χ3n) is 7.08. The van der Waals surface area contributed by atoms with Crippen molar-refractivity contribution in [1.29, 1.82) is 0 Å². The molecule has 1 aliphatic heterocycles. The molecule has 0 amide bonds. The molecule has 3 N–H and O–H groups in total. The Morgan fingerprint density at radius 1 is 0.744 bits per heavy atom. The van der Waals surface area contributed by atoms with Gasteiger partial charge in [-0.05, 0) is 77.2 Å². The highest BCUT2D eigenvalue weighted by molar-refractivity contribution is 6.04. The number of phenols is 3. The molecule has 6 heteroatoms. The van der Waals surface area contributed by atoms with Gasteiger partial charge < -0.3 is 24.8 Å². The fourth-order valence-electron chi connectivity index (χ4n) is 5.17. The van der Waals surface area contributed by atoms with Crippen LogP contribution < -0.4 is 4.74 Å². The highest BCUT2D eigenvalue weighted by atomic mass is 16.5. The zero-order valence-corrected chi connectivity index (χ0v) is 21.0. The van der Waals surface area contributed by atoms with E-state index < -0.39 is 11.6 Å². The van der Waals surface area contributed by atoms with Crippen molar-refractivity contribution in [1.82, 2.24) is 0 Å². The molecule has 0 aliphatic carbocycles. The summed E-state index contributed by atoms with van der Waals surface area (Å²) in [5, 5.41) is 31.8. The summed E-state index contributed by atoms with van der Waals surface area (Å²) in [6.07, 6.45) is 3.90. The number of methoxy groups -OCH3 is 1. The molecule has 5 aromatic rings. The van der Waals surface area contributed by atoms with E-state index in [1.807, 2.05) is 42.5 Å². The average Bonchev–Trinajstić information content (AvgIpc) is 2.97. The molecule has 0 bridgehead atoms. The molecule has 0 unspecified atom stereocenters. The van der Waals surface area contributed by atoms with Gasteiger partial charge in [0.25, 0.3) is 0 Å². The maximum atomic E-state index is 12.7. The molecular weight excluding hydrogens is 492 g/mol. The quantitative estimate of drug-likeness (QED) is 0.229. The summed E-state index contributed by atoms with van der Waals surface area (Å²) in [6, 6.07) is 28.1. The van der Waals surface area contributed by atoms with Crippen molar-refractivity contribution in [2.45, 2.75) is 5.60 Å². The second-order valence-electron chi connectivity index (χ2n) is 9.37. The summed E-state index contributed by atoms with van der Waals surface area (Å²) in [7, 11) is 1.30. The first kappa shape index (κ1) is 24.1. The Hall–Kier alpha value is -5.23. The second-order valence-corrected chi connectivity index (χ2v) is 9.37. The van der Waals surface area contributed by atoms with Gasteiger partial charge in [0.05, 0.1) is 12.7 Å². The molecular formula is C33H24O6. The zero-order valence-electron chi connectivity index (χ0n) is 21.0. The van der Waals surface area contributed by atoms with Crippen LogP contribution in [-0.4, -0.2) is 28.4 Å². The largest absolute Gasteiger partial charge is 0.508 e. The Balaban J connectivity index is 1.65. The van der Waals surface area contributed by atoms with Gasteiger partial charge in [0.15, 0.2) is 5.60 Å². The molecule has 0 saturated carbocycles. The Morgan fingerprint density at radius 2 is 1.36 bits per heavy atom. The van der Waals surface area contributed by atoms with Crippen molar-refractivity contribution in [3.05, 3.63) is 125 Å². The number of fused-ring (bicyclic) bond motifs is 3. The van der Waals surface area contributed by atoms with Crippen molar-refractivity contribution in [2.24, 2.45) is 0 Å². The maximum Gasteiger partial charge on any atom is 0.338 e. The van der Waals surface area contributed by atoms with Crippen molar-refractivity contribution >= 4 is 22.8 Å². The van der Waals surface area contributed by atoms with E-state index >= 15 is 0 Å². The lowest BCUT2D eigenvalue weighted by Gasteiger charge is -2.37. The Kier molecular flexibility index (Phi) is 5.73. The molecule has 5 aromatic carbocycles. The molecule has 192 valence electrons. The molecule has 0 radical (unpaired) electrons. The summed E-state index contributed by atoms with van der Waals surface area (Å²) in [5.74, 6) is 0.270. The van der Waals surface area contributed by atoms with Gasteiger partial charge in [0.2, 0.25) is 0 Å². The van der Waals surface area contributed by atoms with Gasteiger partial charge in [-0.3, -0.25) is 0 Å². The third kappa shape index (κ3) is 4.03. The van der Waals surface area contributed by atoms with E-state index in [-0.39, 0.29) is 22.8 Å². The van der Waals surface area contributed by atoms with Gasteiger partial charge in [-0.2, -0.15) is 0 Å². The van der Waals surface area contributed by atoms with Crippen LogP contribution >= 0.6 is 0 Å². The fraction of sp³-hybridized carbons (Fsp3) is 0.0606. The number of carbonyl (C=O) groups is 1. The lowest BCUT2D eigenvalue weighted by atomic mass is 9.81. The molecule has 1 aliphatic rings. The topological polar surface area (TPSA) is 96.2 Å². The number of aromatic hydroxyl groups is 3. The van der Waals surface area contributed by atoms with E-state index in [2.05, 4.69) is 0 Å². The normalized spacial score (nSPS) is 13.5. The van der Waals surface area contributed by atoms with Crippen LogP contribution in [0.15, 0.2) is 103 Å². The van der Waals surface area contributed by atoms with Crippen molar-refractivity contribution < 1.29 is 29.6 Å². The van der Waals surface area contributed by atoms with Crippen molar-refractivity contribution in [3.8, 4) is 34.1 Å². The first-order valence-electron chi connectivity index (χ1n) is 12.3. The number of ether oxygens (including phenoxy) is 2. The smallest absolute Gasteiger partial charge is 0.338 e. The predicted octanol–water partition coefficient (Wildman–Crippen LogP) is 6.76. The fourth-order valence-corrected chi connectivity index (χ4v) is 5.17. The van der Waals surface area contributed by atoms with Crippen LogP contribution in [0.5, 0.6) is 23.0 Å². The van der Waals surface area contributed by atoms with E-state index in [4.69, 9.17) is 9.47 Å². The summed E-state index contributed by atoms with van der Waals surface area (Å²) >= 11 is 0. The van der Waals surface area contributed by atoms with Crippen LogP contribution in [0, 0.1) is 0 Å². The predicted molar refractivity (Wildman–Crippen MR) is 149 cm³/mol. The number of hydrogen-bond acceptors (Lipinski definition) is 6. The number of carbonyl (C=O) groups excluding carboxylic acids is 1. The Morgan fingerprint density at radius 3 is 2.00 bits per heavy atom. The van der Waals surface area contributed by atoms with E-state index in [0.717, 1.165) is 33.0 Å². The number of rotatable bonds is 4. The van der Waals surface area contributed by atoms with Gasteiger partial charge in [-0.15, -0.1) is 0 Å². The molecule has 0 atom stereocenters. The zero-order chi connectivity index (χ0) is 27.1. The van der Waals surface area contributed by atoms with Crippen LogP contribution in [-0.2, 0) is 10.3 Å². The van der Waals surface area contributed by atoms with Crippen molar-refractivity contribution in [3.63, 3.8) is 0 Å². The van der Waals surface area contributed by atoms with Crippen LogP contribution in [0.2, 0.25) is 0 Å². The summed E-state index contributed by atoms with van der Waals surface area (Å²) in [5.41, 5.74) is 2.82. The van der Waals surface area contributed by atoms with E-state index in [1.54, 1.807) is 54.6 Å². The van der Waals surface area contributed by atoms with Gasteiger partial charge >= 0.3 is 5.97 Å². The number of benzene rings is 5. The minimum Gasteiger partial charge on any atom is -0.508 e. The van der Waals surface area contributed by atoms with Crippen LogP contribution in [0.4, 0.5) is 0 Å². The van der Waals surface area contributed by atoms with Gasteiger partial charge in [-0.1, -0.05) is 48.5 Å². The SMILES string of the molecule is COC(=O)c1cc(O)ccc1-c1cc2ccccc2c2c1C=CC(c1ccc(O)cc1)(c1ccc(O)cc1)O2. The van der Waals surface area contributed by atoms with Crippen LogP contribution in [0.3, 0.4) is 0 Å². The number of phenolic OH excluding ortho intramolecular Hbond substituents is 3. The lowest BCUT2D eigenvalue weighted by Crippen LogP contribution is -2.34. The average molecular weight is 517 g/mol. The lowest BCUT2D eigenvalue weighted by molar-refractivity contribution is 0.0601. The maximum absolute atomic E-state index is 12.7. The van der Waals surface area contributed by atoms with E-state index in [0.29, 0.717) is 11.3 Å². The molecule has 0 saturated heterocycles. The van der Waals surface area contributed by atoms with Gasteiger partial charge in [0.1, 0.15) is 23.0 Å². The molecule has 6 rings (SSSR count). The van der Waals surface area contributed by atoms with E-state index in [9.17, 15) is 20.1 Å². The molecule has 0 aromatic heterocycles. The molecule has 39 heavy (non-hydrogen) atoms. The molecule has 0 fully saturated rings. The summed E-state index contributed by atoms with van der Waals surface area (Å²) in [6.45, 7) is 0. The standard InChI is InChI=1S/C33H24O6/c1-38-32(37)30-19-25(36)14-15-27(30)29-18-20-4-2-3-5-26(20)31-28(29)16-17-33(39-31,21-6-10-23(34)11-7-21)22-8-12-24(35)13-9-22/h2-19,34-36H,1H3. The van der Waals surface area contributed by atoms with E-state index in [1.165, 1.54) is 19.2 Å². The minimum absolute atomic E-state index is 0.0423. The Bertz CT molecular complexity index is 1710. The summed E-state index contributed by atoms with van der Waals surface area (Å²) in [4.78, 5) is 12.7. The Labute approximate surface area is 224 Å². The monoisotopic (exact) mass is 516 g/mol. The number of esters is 1. The highest BCUT2D eigenvalue weighted by Gasteiger charge is 2.38. The highest BCUT2D eigenvalue weighted by Crippen LogP contribution is 2.49. The molecule has 1 heterocycles. The molecule has 0 spiro atoms. The van der Waals surface area contributed by atoms with Crippen LogP contribution in [0.1, 0.15) is 27.0 Å². The second kappa shape index (κ2) is 9.26. The van der Waals surface area contributed by atoms with Crippen molar-refractivity contribution in [2.75, 3.05) is 7.11 Å². The first-order chi connectivity index (χ1) is 18.9. The number of hydrogen-bond donors (Lipinski definition) is 3. The molecule has 6 nitrogen and oxygen atoms in total. The minimum atomic E-state index is -1.07. The van der Waals surface area contributed by atoms with Gasteiger partial charge in [-0.25, -0.2) is 4.79 Å². The first-order valence-corrected chi connectivity index (χ1v) is 12.3. The van der Waals surface area contributed by atoms with Gasteiger partial charge in [0, 0.05) is 22.1 Å². The van der Waals surface area contributed by atoms with Crippen LogP contribution in [0.25, 0.3) is 28.0 Å².